The molecule has 1 aromatic carbocycles. The molecule has 0 radical (unpaired) electrons. The Hall–Kier alpha value is -2.87. The summed E-state index contributed by atoms with van der Waals surface area (Å²) in [5.41, 5.74) is 1.93. The summed E-state index contributed by atoms with van der Waals surface area (Å²) in [5, 5.41) is 14.5. The average Bonchev–Trinajstić information content (AvgIpc) is 3.31. The lowest BCUT2D eigenvalue weighted by atomic mass is 9.98. The summed E-state index contributed by atoms with van der Waals surface area (Å²) in [6, 6.07) is 5.54. The summed E-state index contributed by atoms with van der Waals surface area (Å²) in [6.45, 7) is 0.884. The number of likely N-dealkylation sites (tertiary alicyclic amines) is 1. The summed E-state index contributed by atoms with van der Waals surface area (Å²) >= 11 is 6.34. The molecular formula is C18H14ClF2N5O. The van der Waals surface area contributed by atoms with Crippen LogP contribution >= 0.6 is 11.6 Å². The van der Waals surface area contributed by atoms with Gasteiger partial charge in [0.25, 0.3) is 5.91 Å². The van der Waals surface area contributed by atoms with Gasteiger partial charge in [0, 0.05) is 24.6 Å². The molecule has 0 aliphatic carbocycles. The number of H-pyrrole nitrogens is 1. The lowest BCUT2D eigenvalue weighted by Crippen LogP contribution is -2.29. The van der Waals surface area contributed by atoms with Gasteiger partial charge in [0.05, 0.1) is 17.4 Å². The molecule has 4 rings (SSSR count). The van der Waals surface area contributed by atoms with Gasteiger partial charge in [-0.25, -0.2) is 8.78 Å². The molecule has 27 heavy (non-hydrogen) atoms. The van der Waals surface area contributed by atoms with Gasteiger partial charge in [0.2, 0.25) is 0 Å². The van der Waals surface area contributed by atoms with Gasteiger partial charge in [-0.3, -0.25) is 9.89 Å². The number of halogens is 3. The van der Waals surface area contributed by atoms with E-state index in [-0.39, 0.29) is 22.5 Å². The van der Waals surface area contributed by atoms with Gasteiger partial charge in [-0.2, -0.15) is 15.3 Å². The first-order chi connectivity index (χ1) is 13.0. The predicted octanol–water partition coefficient (Wildman–Crippen LogP) is 3.43. The average molecular weight is 390 g/mol. The number of benzene rings is 1. The first-order valence-corrected chi connectivity index (χ1v) is 8.67. The highest BCUT2D eigenvalue weighted by atomic mass is 35.5. The van der Waals surface area contributed by atoms with E-state index in [9.17, 15) is 13.6 Å². The van der Waals surface area contributed by atoms with Crippen LogP contribution < -0.4 is 0 Å². The van der Waals surface area contributed by atoms with E-state index >= 15 is 0 Å². The maximum atomic E-state index is 13.5. The standard InChI is InChI=1S/C18H14ClF2N5O/c19-15-16(11-3-5-22-23-8-11)24-25-17(15)18(27)26-6-4-12(9-26)10-1-2-13(20)14(21)7-10/h1-3,5,7-8,12H,4,6,9H2,(H,24,25)/t12-/m0/s1. The number of carbonyl (C=O) groups is 1. The van der Waals surface area contributed by atoms with Crippen molar-refractivity contribution in [2.24, 2.45) is 0 Å². The zero-order valence-electron chi connectivity index (χ0n) is 14.0. The summed E-state index contributed by atoms with van der Waals surface area (Å²) in [7, 11) is 0. The number of aromatic nitrogens is 4. The Labute approximate surface area is 158 Å². The Bertz CT molecular complexity index is 995. The van der Waals surface area contributed by atoms with E-state index in [4.69, 9.17) is 11.6 Å². The molecule has 1 amide bonds. The molecule has 2 aromatic heterocycles. The van der Waals surface area contributed by atoms with Crippen molar-refractivity contribution in [2.75, 3.05) is 13.1 Å². The fraction of sp³-hybridized carbons (Fsp3) is 0.222. The lowest BCUT2D eigenvalue weighted by molar-refractivity contribution is 0.0785. The number of hydrogen-bond acceptors (Lipinski definition) is 4. The van der Waals surface area contributed by atoms with Crippen molar-refractivity contribution in [1.29, 1.82) is 0 Å². The van der Waals surface area contributed by atoms with Crippen LogP contribution in [-0.2, 0) is 0 Å². The quantitative estimate of drug-likeness (QED) is 0.744. The van der Waals surface area contributed by atoms with Crippen LogP contribution in [0.15, 0.2) is 36.7 Å². The van der Waals surface area contributed by atoms with Gasteiger partial charge in [-0.1, -0.05) is 17.7 Å². The monoisotopic (exact) mass is 389 g/mol. The molecule has 0 saturated carbocycles. The molecule has 1 fully saturated rings. The number of nitrogens with zero attached hydrogens (tertiary/aromatic N) is 4. The molecule has 6 nitrogen and oxygen atoms in total. The van der Waals surface area contributed by atoms with Crippen LogP contribution in [0.3, 0.4) is 0 Å². The van der Waals surface area contributed by atoms with Crippen molar-refractivity contribution >= 4 is 17.5 Å². The van der Waals surface area contributed by atoms with Crippen LogP contribution in [0.2, 0.25) is 5.02 Å². The third kappa shape index (κ3) is 3.28. The SMILES string of the molecule is O=C(c1[nH]nc(-c2ccnnc2)c1Cl)N1CC[C@H](c2ccc(F)c(F)c2)C1. The minimum atomic E-state index is -0.885. The molecule has 3 aromatic rings. The number of carbonyl (C=O) groups excluding carboxylic acids is 1. The smallest absolute Gasteiger partial charge is 0.273 e. The number of nitrogens with one attached hydrogen (secondary N) is 1. The fourth-order valence-electron chi connectivity index (χ4n) is 3.23. The Balaban J connectivity index is 1.53. The molecule has 138 valence electrons. The molecule has 1 aliphatic heterocycles. The molecule has 1 N–H and O–H groups in total. The Kier molecular flexibility index (Phi) is 4.57. The normalized spacial score (nSPS) is 16.7. The second-order valence-electron chi connectivity index (χ2n) is 6.30. The van der Waals surface area contributed by atoms with E-state index in [1.54, 1.807) is 17.0 Å². The Morgan fingerprint density at radius 2 is 2.07 bits per heavy atom. The van der Waals surface area contributed by atoms with E-state index in [2.05, 4.69) is 20.4 Å². The number of amides is 1. The third-order valence-electron chi connectivity index (χ3n) is 4.67. The molecule has 1 atom stereocenters. The molecule has 0 bridgehead atoms. The van der Waals surface area contributed by atoms with Crippen molar-refractivity contribution < 1.29 is 13.6 Å². The van der Waals surface area contributed by atoms with E-state index < -0.39 is 11.6 Å². The van der Waals surface area contributed by atoms with Gasteiger partial charge in [0.1, 0.15) is 11.4 Å². The summed E-state index contributed by atoms with van der Waals surface area (Å²) in [5.74, 6) is -2.11. The summed E-state index contributed by atoms with van der Waals surface area (Å²) in [6.07, 6.45) is 3.67. The van der Waals surface area contributed by atoms with E-state index in [0.717, 1.165) is 6.07 Å². The van der Waals surface area contributed by atoms with Crippen LogP contribution in [0.25, 0.3) is 11.3 Å². The van der Waals surface area contributed by atoms with E-state index in [1.807, 2.05) is 0 Å². The highest BCUT2D eigenvalue weighted by Crippen LogP contribution is 2.32. The van der Waals surface area contributed by atoms with E-state index in [1.165, 1.54) is 18.5 Å². The topological polar surface area (TPSA) is 74.8 Å². The van der Waals surface area contributed by atoms with Crippen molar-refractivity contribution in [1.82, 2.24) is 25.3 Å². The van der Waals surface area contributed by atoms with E-state index in [0.29, 0.717) is 36.3 Å². The van der Waals surface area contributed by atoms with Crippen LogP contribution in [0.1, 0.15) is 28.4 Å². The third-order valence-corrected chi connectivity index (χ3v) is 5.04. The summed E-state index contributed by atoms with van der Waals surface area (Å²) in [4.78, 5) is 14.4. The van der Waals surface area contributed by atoms with Crippen LogP contribution in [-0.4, -0.2) is 44.3 Å². The number of aromatic amines is 1. The second kappa shape index (κ2) is 7.03. The van der Waals surface area contributed by atoms with Gasteiger partial charge >= 0.3 is 0 Å². The van der Waals surface area contributed by atoms with Gasteiger partial charge in [0.15, 0.2) is 11.6 Å². The molecule has 1 saturated heterocycles. The number of hydrogen-bond donors (Lipinski definition) is 1. The molecule has 1 aliphatic rings. The zero-order valence-corrected chi connectivity index (χ0v) is 14.7. The minimum absolute atomic E-state index is 0.0605. The van der Waals surface area contributed by atoms with Gasteiger partial charge in [-0.15, -0.1) is 0 Å². The van der Waals surface area contributed by atoms with Crippen molar-refractivity contribution in [3.8, 4) is 11.3 Å². The first-order valence-electron chi connectivity index (χ1n) is 8.29. The molecule has 9 heteroatoms. The van der Waals surface area contributed by atoms with Crippen molar-refractivity contribution in [3.05, 3.63) is 64.6 Å². The zero-order chi connectivity index (χ0) is 19.0. The fourth-order valence-corrected chi connectivity index (χ4v) is 3.51. The second-order valence-corrected chi connectivity index (χ2v) is 6.68. The Morgan fingerprint density at radius 1 is 1.22 bits per heavy atom. The highest BCUT2D eigenvalue weighted by Gasteiger charge is 2.31. The lowest BCUT2D eigenvalue weighted by Gasteiger charge is -2.16. The molecular weight excluding hydrogens is 376 g/mol. The van der Waals surface area contributed by atoms with Crippen LogP contribution in [0.4, 0.5) is 8.78 Å². The minimum Gasteiger partial charge on any atom is -0.337 e. The van der Waals surface area contributed by atoms with Crippen LogP contribution in [0, 0.1) is 11.6 Å². The van der Waals surface area contributed by atoms with Gasteiger partial charge < -0.3 is 4.90 Å². The molecule has 0 spiro atoms. The molecule has 0 unspecified atom stereocenters. The predicted molar refractivity (Wildman–Crippen MR) is 94.2 cm³/mol. The molecule has 3 heterocycles. The summed E-state index contributed by atoms with van der Waals surface area (Å²) < 4.78 is 26.6. The van der Waals surface area contributed by atoms with Crippen molar-refractivity contribution in [2.45, 2.75) is 12.3 Å². The maximum Gasteiger partial charge on any atom is 0.273 e. The van der Waals surface area contributed by atoms with Crippen molar-refractivity contribution in [3.63, 3.8) is 0 Å². The van der Waals surface area contributed by atoms with Gasteiger partial charge in [-0.05, 0) is 30.2 Å². The number of rotatable bonds is 3. The maximum absolute atomic E-state index is 13.5. The van der Waals surface area contributed by atoms with Crippen LogP contribution in [0.5, 0.6) is 0 Å². The highest BCUT2D eigenvalue weighted by molar-refractivity contribution is 6.36. The Morgan fingerprint density at radius 3 is 2.81 bits per heavy atom. The largest absolute Gasteiger partial charge is 0.337 e. The first kappa shape index (κ1) is 17.5.